The van der Waals surface area contributed by atoms with E-state index in [4.69, 9.17) is 10.6 Å². The zero-order valence-electron chi connectivity index (χ0n) is 26.4. The van der Waals surface area contributed by atoms with Gasteiger partial charge in [-0.25, -0.2) is 5.84 Å². The van der Waals surface area contributed by atoms with Crippen molar-refractivity contribution in [2.75, 3.05) is 45.2 Å². The quantitative estimate of drug-likeness (QED) is 0.0490. The van der Waals surface area contributed by atoms with Crippen molar-refractivity contribution in [3.05, 3.63) is 0 Å². The molecule has 38 heavy (non-hydrogen) atoms. The summed E-state index contributed by atoms with van der Waals surface area (Å²) in [6, 6.07) is 0. The van der Waals surface area contributed by atoms with Gasteiger partial charge in [0.2, 0.25) is 11.8 Å². The molecule has 0 aliphatic rings. The highest BCUT2D eigenvalue weighted by Crippen LogP contribution is 2.33. The van der Waals surface area contributed by atoms with E-state index < -0.39 is 8.15 Å². The van der Waals surface area contributed by atoms with Crippen LogP contribution in [0.3, 0.4) is 0 Å². The number of rotatable bonds is 22. The largest absolute Gasteiger partial charge is 0.381 e. The van der Waals surface area contributed by atoms with Crippen molar-refractivity contribution in [2.24, 2.45) is 17.2 Å². The van der Waals surface area contributed by atoms with Crippen LogP contribution in [0.25, 0.3) is 0 Å². The molecule has 0 radical (unpaired) electrons. The van der Waals surface area contributed by atoms with Gasteiger partial charge in [-0.3, -0.25) is 14.6 Å². The molecule has 0 spiro atoms. The van der Waals surface area contributed by atoms with Crippen LogP contribution >= 0.6 is 8.15 Å². The fourth-order valence-electron chi connectivity index (χ4n) is 3.96. The van der Waals surface area contributed by atoms with Crippen LogP contribution in [0.1, 0.15) is 126 Å². The van der Waals surface area contributed by atoms with E-state index in [0.717, 1.165) is 89.3 Å². The van der Waals surface area contributed by atoms with Crippen molar-refractivity contribution in [3.8, 4) is 0 Å². The first-order valence-electron chi connectivity index (χ1n) is 15.3. The summed E-state index contributed by atoms with van der Waals surface area (Å²) in [6.45, 7) is 20.5. The van der Waals surface area contributed by atoms with Crippen molar-refractivity contribution in [3.63, 3.8) is 0 Å². The molecule has 1 atom stereocenters. The maximum absolute atomic E-state index is 12.5. The average Bonchev–Trinajstić information content (AvgIpc) is 2.87. The van der Waals surface area contributed by atoms with Gasteiger partial charge in [-0.2, -0.15) is 0 Å². The lowest BCUT2D eigenvalue weighted by Gasteiger charge is -2.32. The number of carbonyl (C=O) groups excluding carboxylic acids is 2. The number of hydrogen-bond acceptors (Lipinski definition) is 5. The lowest BCUT2D eigenvalue weighted by molar-refractivity contribution is -0.133. The van der Waals surface area contributed by atoms with Gasteiger partial charge < -0.3 is 14.5 Å². The van der Waals surface area contributed by atoms with Crippen LogP contribution in [0.5, 0.6) is 0 Å². The van der Waals surface area contributed by atoms with Gasteiger partial charge in [0.25, 0.3) is 0 Å². The third-order valence-electron chi connectivity index (χ3n) is 6.35. The Hall–Kier alpha value is -0.750. The van der Waals surface area contributed by atoms with Crippen molar-refractivity contribution in [1.29, 1.82) is 0 Å². The SMILES string of the molecule is CCCCC(=O)N(N)CC.CCCOCC(C)(C)CN(CC)C(=O)CCCCCCP(O)CCCC(C)C. The Morgan fingerprint density at radius 1 is 0.868 bits per heavy atom. The predicted molar refractivity (Wildman–Crippen MR) is 164 cm³/mol. The van der Waals surface area contributed by atoms with Gasteiger partial charge in [0.05, 0.1) is 6.61 Å². The zero-order valence-corrected chi connectivity index (χ0v) is 27.3. The Balaban J connectivity index is 0. The first kappa shape index (κ1) is 39.4. The van der Waals surface area contributed by atoms with E-state index >= 15 is 0 Å². The maximum atomic E-state index is 12.5. The van der Waals surface area contributed by atoms with E-state index in [-0.39, 0.29) is 17.2 Å². The molecule has 228 valence electrons. The lowest BCUT2D eigenvalue weighted by Crippen LogP contribution is -2.40. The number of ether oxygens (including phenoxy) is 1. The van der Waals surface area contributed by atoms with Crippen LogP contribution in [0.15, 0.2) is 0 Å². The summed E-state index contributed by atoms with van der Waals surface area (Å²) in [5, 5.41) is 1.26. The minimum atomic E-state index is -0.767. The Morgan fingerprint density at radius 3 is 2.03 bits per heavy atom. The number of carbonyl (C=O) groups is 2. The molecule has 0 bridgehead atoms. The lowest BCUT2D eigenvalue weighted by atomic mass is 9.93. The number of hydrazine groups is 1. The summed E-state index contributed by atoms with van der Waals surface area (Å²) in [5.74, 6) is 6.39. The van der Waals surface area contributed by atoms with Gasteiger partial charge in [-0.05, 0) is 64.2 Å². The van der Waals surface area contributed by atoms with Crippen LogP contribution in [0.4, 0.5) is 0 Å². The molecule has 0 saturated carbocycles. The maximum Gasteiger partial charge on any atom is 0.236 e. The molecule has 2 amide bonds. The summed E-state index contributed by atoms with van der Waals surface area (Å²) >= 11 is 0. The number of nitrogens with zero attached hydrogens (tertiary/aromatic N) is 2. The first-order chi connectivity index (χ1) is 17.9. The fourth-order valence-corrected chi connectivity index (χ4v) is 5.32. The summed E-state index contributed by atoms with van der Waals surface area (Å²) in [4.78, 5) is 35.6. The van der Waals surface area contributed by atoms with Gasteiger partial charge >= 0.3 is 0 Å². The minimum Gasteiger partial charge on any atom is -0.381 e. The first-order valence-corrected chi connectivity index (χ1v) is 16.9. The molecular formula is C30H64N3O4P. The van der Waals surface area contributed by atoms with Crippen molar-refractivity contribution >= 4 is 20.0 Å². The predicted octanol–water partition coefficient (Wildman–Crippen LogP) is 6.96. The molecule has 0 aliphatic carbocycles. The summed E-state index contributed by atoms with van der Waals surface area (Å²) in [6.07, 6.45) is 12.8. The molecule has 8 heteroatoms. The fraction of sp³-hybridized carbons (Fsp3) is 0.933. The van der Waals surface area contributed by atoms with E-state index in [2.05, 4.69) is 48.5 Å². The minimum absolute atomic E-state index is 0.00525. The van der Waals surface area contributed by atoms with Crippen LogP contribution in [0.2, 0.25) is 0 Å². The molecule has 3 N–H and O–H groups in total. The van der Waals surface area contributed by atoms with Crippen LogP contribution < -0.4 is 5.84 Å². The Morgan fingerprint density at radius 2 is 1.47 bits per heavy atom. The second-order valence-corrected chi connectivity index (χ2v) is 13.5. The van der Waals surface area contributed by atoms with Crippen molar-refractivity contribution < 1.29 is 19.2 Å². The smallest absolute Gasteiger partial charge is 0.236 e. The van der Waals surface area contributed by atoms with Crippen LogP contribution in [-0.2, 0) is 14.3 Å². The molecule has 0 aromatic carbocycles. The van der Waals surface area contributed by atoms with Gasteiger partial charge in [0.15, 0.2) is 0 Å². The summed E-state index contributed by atoms with van der Waals surface area (Å²) in [5.41, 5.74) is -0.00525. The standard InChI is InChI=1S/C23H48NO3P.C7H16N2O/c1-7-16-27-20-23(5,6)19-24(8-2)22(25)15-11-9-10-12-17-28(26)18-13-14-21(3)4;1-3-5-6-7(10)9(8)4-2/h21,26H,7-20H2,1-6H3;3-6,8H2,1-2H3. The Bertz CT molecular complexity index is 576. The average molecular weight is 562 g/mol. The summed E-state index contributed by atoms with van der Waals surface area (Å²) in [7, 11) is -0.767. The van der Waals surface area contributed by atoms with E-state index in [1.165, 1.54) is 11.4 Å². The van der Waals surface area contributed by atoms with E-state index in [1.54, 1.807) is 0 Å². The van der Waals surface area contributed by atoms with E-state index in [1.807, 2.05) is 11.8 Å². The van der Waals surface area contributed by atoms with E-state index in [9.17, 15) is 14.5 Å². The highest BCUT2D eigenvalue weighted by molar-refractivity contribution is 7.51. The molecular weight excluding hydrogens is 497 g/mol. The molecule has 0 heterocycles. The number of unbranched alkanes of at least 4 members (excludes halogenated alkanes) is 4. The third-order valence-corrected chi connectivity index (χ3v) is 8.02. The van der Waals surface area contributed by atoms with E-state index in [0.29, 0.717) is 26.0 Å². The highest BCUT2D eigenvalue weighted by Gasteiger charge is 2.24. The second-order valence-electron chi connectivity index (χ2n) is 11.6. The number of nitrogens with two attached hydrogens (primary N) is 1. The number of hydrogen-bond donors (Lipinski definition) is 2. The molecule has 0 aromatic rings. The summed E-state index contributed by atoms with van der Waals surface area (Å²) < 4.78 is 5.70. The number of amides is 2. The third kappa shape index (κ3) is 24.3. The topological polar surface area (TPSA) is 96.1 Å². The van der Waals surface area contributed by atoms with Gasteiger partial charge in [-0.1, -0.05) is 67.2 Å². The van der Waals surface area contributed by atoms with Crippen molar-refractivity contribution in [1.82, 2.24) is 9.91 Å². The van der Waals surface area contributed by atoms with Crippen LogP contribution in [0, 0.1) is 11.3 Å². The van der Waals surface area contributed by atoms with Crippen molar-refractivity contribution in [2.45, 2.75) is 126 Å². The highest BCUT2D eigenvalue weighted by atomic mass is 31.1. The normalized spacial score (nSPS) is 12.2. The van der Waals surface area contributed by atoms with Gasteiger partial charge in [0.1, 0.15) is 0 Å². The Kier molecular flexibility index (Phi) is 26.2. The van der Waals surface area contributed by atoms with Gasteiger partial charge in [0, 0.05) is 52.6 Å². The molecule has 0 rings (SSSR count). The monoisotopic (exact) mass is 561 g/mol. The van der Waals surface area contributed by atoms with Gasteiger partial charge in [-0.15, -0.1) is 0 Å². The second kappa shape index (κ2) is 25.2. The molecule has 1 unspecified atom stereocenters. The molecule has 0 aromatic heterocycles. The Labute approximate surface area is 237 Å². The van der Waals surface area contributed by atoms with Crippen LogP contribution in [-0.4, -0.2) is 71.8 Å². The molecule has 0 aliphatic heterocycles. The molecule has 0 fully saturated rings. The zero-order chi connectivity index (χ0) is 29.4. The molecule has 7 nitrogen and oxygen atoms in total. The molecule has 0 saturated heterocycles.